The van der Waals surface area contributed by atoms with E-state index >= 15 is 0 Å². The standard InChI is InChI=1S/C18H17ClF3N3/c1-3-15-16(12-6-4-11(5-7-12)10(2)23)24-17-14(19)8-13(9-25(15)17)18(20,21)22/h4-10H,3,23H2,1-2H3. The Kier molecular flexibility index (Phi) is 4.51. The van der Waals surface area contributed by atoms with Crippen LogP contribution in [0.1, 0.15) is 36.7 Å². The number of nitrogens with two attached hydrogens (primary N) is 1. The van der Waals surface area contributed by atoms with E-state index in [4.69, 9.17) is 17.3 Å². The Hall–Kier alpha value is -2.05. The molecule has 25 heavy (non-hydrogen) atoms. The molecule has 1 aromatic carbocycles. The molecule has 0 bridgehead atoms. The molecule has 1 atom stereocenters. The molecule has 3 rings (SSSR count). The molecule has 0 amide bonds. The van der Waals surface area contributed by atoms with Gasteiger partial charge in [0.2, 0.25) is 0 Å². The van der Waals surface area contributed by atoms with Crippen molar-refractivity contribution in [3.63, 3.8) is 0 Å². The van der Waals surface area contributed by atoms with Crippen LogP contribution < -0.4 is 5.73 Å². The van der Waals surface area contributed by atoms with Crippen LogP contribution in [0, 0.1) is 0 Å². The first-order valence-electron chi connectivity index (χ1n) is 7.86. The SMILES string of the molecule is CCc1c(-c2ccc(C(C)N)cc2)nc2c(Cl)cc(C(F)(F)F)cn12. The van der Waals surface area contributed by atoms with Gasteiger partial charge < -0.3 is 10.1 Å². The number of fused-ring (bicyclic) bond motifs is 1. The van der Waals surface area contributed by atoms with E-state index in [0.29, 0.717) is 23.5 Å². The Morgan fingerprint density at radius 1 is 1.24 bits per heavy atom. The Balaban J connectivity index is 2.21. The highest BCUT2D eigenvalue weighted by Gasteiger charge is 2.32. The highest BCUT2D eigenvalue weighted by molar-refractivity contribution is 6.33. The molecule has 132 valence electrons. The van der Waals surface area contributed by atoms with E-state index in [2.05, 4.69) is 4.98 Å². The average molecular weight is 368 g/mol. The maximum absolute atomic E-state index is 13.1. The van der Waals surface area contributed by atoms with Crippen LogP contribution in [0.2, 0.25) is 5.02 Å². The van der Waals surface area contributed by atoms with Crippen LogP contribution in [0.25, 0.3) is 16.9 Å². The minimum atomic E-state index is -4.47. The molecule has 0 saturated heterocycles. The lowest BCUT2D eigenvalue weighted by molar-refractivity contribution is -0.137. The molecule has 0 spiro atoms. The zero-order valence-electron chi connectivity index (χ0n) is 13.7. The normalized spacial score (nSPS) is 13.4. The van der Waals surface area contributed by atoms with Crippen molar-refractivity contribution < 1.29 is 13.2 Å². The van der Waals surface area contributed by atoms with Gasteiger partial charge in [-0.25, -0.2) is 4.98 Å². The minimum absolute atomic E-state index is 0.0250. The van der Waals surface area contributed by atoms with E-state index in [-0.39, 0.29) is 11.1 Å². The third kappa shape index (κ3) is 3.24. The lowest BCUT2D eigenvalue weighted by Gasteiger charge is -2.09. The van der Waals surface area contributed by atoms with E-state index < -0.39 is 11.7 Å². The van der Waals surface area contributed by atoms with Crippen LogP contribution in [0.3, 0.4) is 0 Å². The fourth-order valence-corrected chi connectivity index (χ4v) is 3.07. The molecule has 2 N–H and O–H groups in total. The Morgan fingerprint density at radius 2 is 1.88 bits per heavy atom. The number of nitrogens with zero attached hydrogens (tertiary/aromatic N) is 2. The Labute approximate surface area is 148 Å². The summed E-state index contributed by atoms with van der Waals surface area (Å²) in [6, 6.07) is 8.35. The second-order valence-corrected chi connectivity index (χ2v) is 6.35. The smallest absolute Gasteiger partial charge is 0.324 e. The summed E-state index contributed by atoms with van der Waals surface area (Å²) in [7, 11) is 0. The maximum Gasteiger partial charge on any atom is 0.417 e. The molecule has 3 nitrogen and oxygen atoms in total. The van der Waals surface area contributed by atoms with Crippen molar-refractivity contribution in [2.75, 3.05) is 0 Å². The lowest BCUT2D eigenvalue weighted by Crippen LogP contribution is -2.07. The van der Waals surface area contributed by atoms with E-state index in [1.54, 1.807) is 0 Å². The third-order valence-corrected chi connectivity index (χ3v) is 4.42. The molecule has 0 aliphatic rings. The number of rotatable bonds is 3. The minimum Gasteiger partial charge on any atom is -0.324 e. The molecule has 0 saturated carbocycles. The van der Waals surface area contributed by atoms with Gasteiger partial charge in [0, 0.05) is 17.8 Å². The van der Waals surface area contributed by atoms with Gasteiger partial charge in [-0.05, 0) is 25.0 Å². The summed E-state index contributed by atoms with van der Waals surface area (Å²) in [5.74, 6) is 0. The predicted molar refractivity (Wildman–Crippen MR) is 92.6 cm³/mol. The van der Waals surface area contributed by atoms with Gasteiger partial charge in [0.15, 0.2) is 5.65 Å². The summed E-state index contributed by atoms with van der Waals surface area (Å²) < 4.78 is 40.7. The van der Waals surface area contributed by atoms with E-state index in [0.717, 1.165) is 23.4 Å². The van der Waals surface area contributed by atoms with Crippen molar-refractivity contribution in [1.29, 1.82) is 0 Å². The number of aryl methyl sites for hydroxylation is 1. The highest BCUT2D eigenvalue weighted by Crippen LogP contribution is 2.35. The van der Waals surface area contributed by atoms with Crippen LogP contribution >= 0.6 is 11.6 Å². The molecular weight excluding hydrogens is 351 g/mol. The monoisotopic (exact) mass is 367 g/mol. The lowest BCUT2D eigenvalue weighted by atomic mass is 10.0. The number of halogens is 4. The van der Waals surface area contributed by atoms with Crippen molar-refractivity contribution in [2.45, 2.75) is 32.5 Å². The largest absolute Gasteiger partial charge is 0.417 e. The molecule has 0 aliphatic carbocycles. The van der Waals surface area contributed by atoms with Crippen LogP contribution in [0.4, 0.5) is 13.2 Å². The van der Waals surface area contributed by atoms with Gasteiger partial charge >= 0.3 is 6.18 Å². The molecule has 2 aromatic heterocycles. The van der Waals surface area contributed by atoms with Crippen molar-refractivity contribution in [1.82, 2.24) is 9.38 Å². The van der Waals surface area contributed by atoms with Crippen molar-refractivity contribution in [3.8, 4) is 11.3 Å². The number of hydrogen-bond donors (Lipinski definition) is 1. The first-order chi connectivity index (χ1) is 11.7. The molecule has 0 radical (unpaired) electrons. The Bertz CT molecular complexity index is 912. The number of hydrogen-bond acceptors (Lipinski definition) is 2. The Morgan fingerprint density at radius 3 is 2.40 bits per heavy atom. The average Bonchev–Trinajstić information content (AvgIpc) is 2.93. The van der Waals surface area contributed by atoms with Gasteiger partial charge in [0.1, 0.15) is 0 Å². The predicted octanol–water partition coefficient (Wildman–Crippen LogP) is 5.26. The van der Waals surface area contributed by atoms with Gasteiger partial charge in [-0.1, -0.05) is 42.8 Å². The van der Waals surface area contributed by atoms with E-state index in [9.17, 15) is 13.2 Å². The molecule has 0 aliphatic heterocycles. The second kappa shape index (κ2) is 6.35. The van der Waals surface area contributed by atoms with Crippen LogP contribution in [0.15, 0.2) is 36.5 Å². The topological polar surface area (TPSA) is 43.3 Å². The van der Waals surface area contributed by atoms with Crippen molar-refractivity contribution in [2.24, 2.45) is 5.73 Å². The summed E-state index contributed by atoms with van der Waals surface area (Å²) >= 11 is 6.06. The number of benzene rings is 1. The summed E-state index contributed by atoms with van der Waals surface area (Å²) in [5.41, 5.74) is 8.47. The third-order valence-electron chi connectivity index (χ3n) is 4.15. The van der Waals surface area contributed by atoms with Crippen molar-refractivity contribution >= 4 is 17.2 Å². The van der Waals surface area contributed by atoms with Crippen LogP contribution in [-0.4, -0.2) is 9.38 Å². The van der Waals surface area contributed by atoms with Gasteiger partial charge in [0.05, 0.1) is 22.0 Å². The van der Waals surface area contributed by atoms with Gasteiger partial charge in [-0.15, -0.1) is 0 Å². The molecular formula is C18H17ClF3N3. The molecule has 3 aromatic rings. The van der Waals surface area contributed by atoms with Crippen LogP contribution in [0.5, 0.6) is 0 Å². The van der Waals surface area contributed by atoms with Gasteiger partial charge in [-0.2, -0.15) is 13.2 Å². The zero-order chi connectivity index (χ0) is 18.4. The number of imidazole rings is 1. The zero-order valence-corrected chi connectivity index (χ0v) is 14.5. The fraction of sp³-hybridized carbons (Fsp3) is 0.278. The quantitative estimate of drug-likeness (QED) is 0.686. The fourth-order valence-electron chi connectivity index (χ4n) is 2.82. The molecule has 2 heterocycles. The van der Waals surface area contributed by atoms with E-state index in [1.807, 2.05) is 38.1 Å². The molecule has 7 heteroatoms. The number of pyridine rings is 1. The van der Waals surface area contributed by atoms with Gasteiger partial charge in [0.25, 0.3) is 0 Å². The number of aromatic nitrogens is 2. The van der Waals surface area contributed by atoms with Gasteiger partial charge in [-0.3, -0.25) is 0 Å². The first kappa shape index (κ1) is 17.8. The van der Waals surface area contributed by atoms with Crippen molar-refractivity contribution in [3.05, 3.63) is 58.4 Å². The summed E-state index contributed by atoms with van der Waals surface area (Å²) in [6.45, 7) is 3.76. The van der Waals surface area contributed by atoms with E-state index in [1.165, 1.54) is 4.40 Å². The molecule has 0 fully saturated rings. The summed E-state index contributed by atoms with van der Waals surface area (Å²) in [4.78, 5) is 4.48. The first-order valence-corrected chi connectivity index (χ1v) is 8.23. The summed E-state index contributed by atoms with van der Waals surface area (Å²) in [5, 5.41) is -0.0250. The summed E-state index contributed by atoms with van der Waals surface area (Å²) in [6.07, 6.45) is -2.90. The highest BCUT2D eigenvalue weighted by atomic mass is 35.5. The second-order valence-electron chi connectivity index (χ2n) is 5.94. The molecule has 1 unspecified atom stereocenters. The maximum atomic E-state index is 13.1. The van der Waals surface area contributed by atoms with Crippen LogP contribution in [-0.2, 0) is 12.6 Å². The number of alkyl halides is 3.